The van der Waals surface area contributed by atoms with Crippen LogP contribution in [0.4, 0.5) is 0 Å². The Bertz CT molecular complexity index is 1930. The lowest BCUT2D eigenvalue weighted by Crippen LogP contribution is -1.89. The Hall–Kier alpha value is -4.65. The van der Waals surface area contributed by atoms with Gasteiger partial charge in [0.2, 0.25) is 0 Å². The summed E-state index contributed by atoms with van der Waals surface area (Å²) in [6.45, 7) is 0. The van der Waals surface area contributed by atoms with Crippen LogP contribution in [0.1, 0.15) is 0 Å². The lowest BCUT2D eigenvalue weighted by molar-refractivity contribution is 1.61. The van der Waals surface area contributed by atoms with Crippen molar-refractivity contribution in [1.29, 1.82) is 0 Å². The number of hydrogen-bond donors (Lipinski definition) is 0. The predicted octanol–water partition coefficient (Wildman–Crippen LogP) is 11.3. The molecule has 0 spiro atoms. The van der Waals surface area contributed by atoms with Gasteiger partial charge in [0, 0.05) is 10.4 Å². The van der Waals surface area contributed by atoms with Gasteiger partial charge < -0.3 is 0 Å². The van der Waals surface area contributed by atoms with Crippen LogP contribution in [0.2, 0.25) is 5.02 Å². The summed E-state index contributed by atoms with van der Waals surface area (Å²) in [5.74, 6) is 0. The molecule has 7 aromatic carbocycles. The molecule has 0 saturated carbocycles. The number of benzene rings is 7. The third-order valence-corrected chi connectivity index (χ3v) is 7.90. The quantitative estimate of drug-likeness (QED) is 0.218. The van der Waals surface area contributed by atoms with Crippen LogP contribution in [-0.4, -0.2) is 0 Å². The fourth-order valence-corrected chi connectivity index (χ4v) is 5.96. The van der Waals surface area contributed by atoms with E-state index in [1.807, 2.05) is 6.07 Å². The minimum absolute atomic E-state index is 0.771. The number of hydrogen-bond acceptors (Lipinski definition) is 0. The van der Waals surface area contributed by atoms with Gasteiger partial charge in [0.1, 0.15) is 0 Å². The molecule has 0 fully saturated rings. The smallest absolute Gasteiger partial charge is 0.0485 e. The average Bonchev–Trinajstić information content (AvgIpc) is 3.01. The van der Waals surface area contributed by atoms with Crippen molar-refractivity contribution >= 4 is 33.1 Å². The Morgan fingerprint density at radius 1 is 0.308 bits per heavy atom. The highest BCUT2D eigenvalue weighted by atomic mass is 35.5. The molecule has 7 rings (SSSR count). The summed E-state index contributed by atoms with van der Waals surface area (Å²) in [5.41, 5.74) is 9.66. The highest BCUT2D eigenvalue weighted by Gasteiger charge is 2.14. The lowest BCUT2D eigenvalue weighted by Gasteiger charge is -2.15. The molecular weight excluding hydrogens is 492 g/mol. The molecule has 0 nitrogen and oxygen atoms in total. The van der Waals surface area contributed by atoms with E-state index in [0.717, 1.165) is 10.4 Å². The van der Waals surface area contributed by atoms with Crippen molar-refractivity contribution in [3.8, 4) is 44.5 Å². The highest BCUT2D eigenvalue weighted by Crippen LogP contribution is 2.41. The maximum Gasteiger partial charge on any atom is 0.0485 e. The first-order valence-electron chi connectivity index (χ1n) is 13.2. The molecule has 0 atom stereocenters. The number of halogens is 1. The fraction of sp³-hybridized carbons (Fsp3) is 0. The van der Waals surface area contributed by atoms with Crippen LogP contribution < -0.4 is 0 Å². The minimum Gasteiger partial charge on any atom is -0.0837 e. The fourth-order valence-electron chi connectivity index (χ4n) is 5.74. The maximum atomic E-state index is 6.70. The van der Waals surface area contributed by atoms with Crippen molar-refractivity contribution in [3.05, 3.63) is 157 Å². The van der Waals surface area contributed by atoms with Crippen LogP contribution in [0.3, 0.4) is 0 Å². The summed E-state index contributed by atoms with van der Waals surface area (Å²) >= 11 is 6.70. The molecule has 0 aromatic heterocycles. The van der Waals surface area contributed by atoms with Crippen LogP contribution in [0.15, 0.2) is 152 Å². The number of fused-ring (bicyclic) bond motifs is 2. The van der Waals surface area contributed by atoms with E-state index < -0.39 is 0 Å². The Morgan fingerprint density at radius 3 is 1.28 bits per heavy atom. The van der Waals surface area contributed by atoms with Gasteiger partial charge in [-0.3, -0.25) is 0 Å². The second-order valence-electron chi connectivity index (χ2n) is 9.84. The van der Waals surface area contributed by atoms with E-state index in [4.69, 9.17) is 11.6 Å². The first kappa shape index (κ1) is 23.5. The molecule has 7 aromatic rings. The summed E-state index contributed by atoms with van der Waals surface area (Å²) in [6, 6.07) is 53.9. The normalized spacial score (nSPS) is 11.2. The highest BCUT2D eigenvalue weighted by molar-refractivity contribution is 6.36. The second-order valence-corrected chi connectivity index (χ2v) is 10.2. The largest absolute Gasteiger partial charge is 0.0837 e. The van der Waals surface area contributed by atoms with E-state index in [0.29, 0.717) is 0 Å². The maximum absolute atomic E-state index is 6.70. The standard InChI is InChI=1S/C38H25Cl/c39-36-25-24-34(38-33(18-9-19-35(36)38)27-12-5-2-6-13-27)29-22-20-28(21-23-29)32-17-8-15-30-14-7-16-31(37(30)32)26-10-3-1-4-11-26/h1-25H. The van der Waals surface area contributed by atoms with Gasteiger partial charge in [0.15, 0.2) is 0 Å². The molecule has 0 bridgehead atoms. The molecule has 0 radical (unpaired) electrons. The molecule has 0 aliphatic heterocycles. The van der Waals surface area contributed by atoms with Crippen molar-refractivity contribution in [2.24, 2.45) is 0 Å². The van der Waals surface area contributed by atoms with Crippen LogP contribution in [0.25, 0.3) is 66.1 Å². The van der Waals surface area contributed by atoms with Crippen LogP contribution >= 0.6 is 11.6 Å². The molecule has 0 heterocycles. The summed E-state index contributed by atoms with van der Waals surface area (Å²) in [6.07, 6.45) is 0. The Balaban J connectivity index is 1.39. The molecule has 0 aliphatic carbocycles. The van der Waals surface area contributed by atoms with Crippen LogP contribution in [-0.2, 0) is 0 Å². The Kier molecular flexibility index (Phi) is 5.96. The van der Waals surface area contributed by atoms with Crippen molar-refractivity contribution in [2.75, 3.05) is 0 Å². The zero-order chi connectivity index (χ0) is 26.2. The van der Waals surface area contributed by atoms with Gasteiger partial charge in [-0.1, -0.05) is 157 Å². The third-order valence-electron chi connectivity index (χ3n) is 7.57. The predicted molar refractivity (Wildman–Crippen MR) is 168 cm³/mol. The SMILES string of the molecule is Clc1ccc(-c2ccc(-c3cccc4cccc(-c5ccccc5)c34)cc2)c2c(-c3ccccc3)cccc12. The lowest BCUT2D eigenvalue weighted by atomic mass is 9.89. The van der Waals surface area contributed by atoms with Gasteiger partial charge in [-0.15, -0.1) is 0 Å². The van der Waals surface area contributed by atoms with E-state index in [9.17, 15) is 0 Å². The van der Waals surface area contributed by atoms with Gasteiger partial charge in [0.05, 0.1) is 0 Å². The summed E-state index contributed by atoms with van der Waals surface area (Å²) in [7, 11) is 0. The minimum atomic E-state index is 0.771. The average molecular weight is 517 g/mol. The zero-order valence-corrected chi connectivity index (χ0v) is 22.1. The summed E-state index contributed by atoms with van der Waals surface area (Å²) in [5, 5.41) is 5.55. The van der Waals surface area contributed by atoms with Crippen LogP contribution in [0, 0.1) is 0 Å². The molecule has 0 N–H and O–H groups in total. The molecule has 184 valence electrons. The first-order valence-corrected chi connectivity index (χ1v) is 13.6. The van der Waals surface area contributed by atoms with E-state index in [2.05, 4.69) is 146 Å². The third kappa shape index (κ3) is 4.20. The van der Waals surface area contributed by atoms with Crippen molar-refractivity contribution in [2.45, 2.75) is 0 Å². The van der Waals surface area contributed by atoms with Crippen molar-refractivity contribution in [3.63, 3.8) is 0 Å². The van der Waals surface area contributed by atoms with Crippen molar-refractivity contribution in [1.82, 2.24) is 0 Å². The van der Waals surface area contributed by atoms with Crippen molar-refractivity contribution < 1.29 is 0 Å². The molecular formula is C38H25Cl. The van der Waals surface area contributed by atoms with Gasteiger partial charge in [-0.2, -0.15) is 0 Å². The summed E-state index contributed by atoms with van der Waals surface area (Å²) < 4.78 is 0. The monoisotopic (exact) mass is 516 g/mol. The van der Waals surface area contributed by atoms with Gasteiger partial charge in [-0.05, 0) is 66.7 Å². The summed E-state index contributed by atoms with van der Waals surface area (Å²) in [4.78, 5) is 0. The molecule has 0 saturated heterocycles. The molecule has 0 unspecified atom stereocenters. The van der Waals surface area contributed by atoms with Crippen LogP contribution in [0.5, 0.6) is 0 Å². The molecule has 0 amide bonds. The van der Waals surface area contributed by atoms with E-state index in [-0.39, 0.29) is 0 Å². The Morgan fingerprint density at radius 2 is 0.744 bits per heavy atom. The molecule has 0 aliphatic rings. The topological polar surface area (TPSA) is 0 Å². The van der Waals surface area contributed by atoms with E-state index in [1.165, 1.54) is 60.7 Å². The second kappa shape index (κ2) is 9.91. The zero-order valence-electron chi connectivity index (χ0n) is 21.3. The van der Waals surface area contributed by atoms with Gasteiger partial charge >= 0.3 is 0 Å². The first-order chi connectivity index (χ1) is 19.3. The van der Waals surface area contributed by atoms with E-state index >= 15 is 0 Å². The van der Waals surface area contributed by atoms with E-state index in [1.54, 1.807) is 0 Å². The molecule has 39 heavy (non-hydrogen) atoms. The van der Waals surface area contributed by atoms with Gasteiger partial charge in [-0.25, -0.2) is 0 Å². The van der Waals surface area contributed by atoms with Gasteiger partial charge in [0.25, 0.3) is 0 Å². The Labute approximate surface area is 233 Å². The molecule has 1 heteroatoms. The number of rotatable bonds is 4.